The molecule has 3 aliphatic heterocycles. The van der Waals surface area contributed by atoms with E-state index in [0.717, 1.165) is 49.3 Å². The number of hydrogen-bond donors (Lipinski definition) is 3. The molecule has 1 unspecified atom stereocenters. The first kappa shape index (κ1) is 36.8. The molecule has 3 aromatic heterocycles. The summed E-state index contributed by atoms with van der Waals surface area (Å²) in [5.41, 5.74) is 5.12. The molecule has 53 heavy (non-hydrogen) atoms. The first-order valence-corrected chi connectivity index (χ1v) is 18.7. The quantitative estimate of drug-likeness (QED) is 0.209. The summed E-state index contributed by atoms with van der Waals surface area (Å²) < 4.78 is 7.43. The van der Waals surface area contributed by atoms with E-state index in [1.54, 1.807) is 42.1 Å². The molecule has 1 atom stereocenters. The Morgan fingerprint density at radius 2 is 1.79 bits per heavy atom. The highest BCUT2D eigenvalue weighted by Crippen LogP contribution is 2.40. The lowest BCUT2D eigenvalue weighted by Gasteiger charge is -2.34. The number of benzene rings is 1. The molecule has 278 valence electrons. The zero-order chi connectivity index (χ0) is 37.2. The molecular formula is C38H43Cl2N9O4. The largest absolute Gasteiger partial charge is 0.481 e. The summed E-state index contributed by atoms with van der Waals surface area (Å²) in [5, 5.41) is 9.88. The molecule has 2 saturated heterocycles. The lowest BCUT2D eigenvalue weighted by atomic mass is 9.95. The predicted molar refractivity (Wildman–Crippen MR) is 203 cm³/mol. The second kappa shape index (κ2) is 15.8. The number of carbonyl (C=O) groups excluding carboxylic acids is 3. The number of amides is 3. The second-order valence-corrected chi connectivity index (χ2v) is 14.7. The Morgan fingerprint density at radius 3 is 2.55 bits per heavy atom. The van der Waals surface area contributed by atoms with Crippen molar-refractivity contribution in [3.05, 3.63) is 75.4 Å². The smallest absolute Gasteiger partial charge is 0.291 e. The number of rotatable bonds is 10. The zero-order valence-electron chi connectivity index (χ0n) is 30.0. The van der Waals surface area contributed by atoms with Crippen molar-refractivity contribution >= 4 is 46.6 Å². The van der Waals surface area contributed by atoms with Gasteiger partial charge in [-0.25, -0.2) is 9.97 Å². The number of carbonyl (C=O) groups is 3. The van der Waals surface area contributed by atoms with Crippen LogP contribution in [0.4, 0.5) is 5.69 Å². The molecule has 0 saturated carbocycles. The number of hydrogen-bond acceptors (Lipinski definition) is 9. The van der Waals surface area contributed by atoms with Gasteiger partial charge in [0.05, 0.1) is 46.5 Å². The molecule has 4 aromatic rings. The average Bonchev–Trinajstić information content (AvgIpc) is 3.74. The molecular weight excluding hydrogens is 717 g/mol. The SMILES string of the molecule is COc1nc(-c2ccnc(-c3cccc(NC(=O)c4nc5c(n4C)CCN(C(=O)C4CCN(C)CC4)C5)c3Cl)c2Cl)ccc1CNCC1CCC(=O)N1. The minimum absolute atomic E-state index is 0.0315. The van der Waals surface area contributed by atoms with Crippen molar-refractivity contribution in [2.24, 2.45) is 13.0 Å². The summed E-state index contributed by atoms with van der Waals surface area (Å²) in [4.78, 5) is 56.6. The number of aromatic nitrogens is 4. The lowest BCUT2D eigenvalue weighted by Crippen LogP contribution is -2.43. The summed E-state index contributed by atoms with van der Waals surface area (Å²) in [6.45, 7) is 4.00. The van der Waals surface area contributed by atoms with Crippen LogP contribution in [-0.4, -0.2) is 93.4 Å². The van der Waals surface area contributed by atoms with Gasteiger partial charge in [0.15, 0.2) is 5.82 Å². The molecule has 2 fully saturated rings. The van der Waals surface area contributed by atoms with Crippen LogP contribution < -0.4 is 20.7 Å². The van der Waals surface area contributed by atoms with Crippen molar-refractivity contribution in [3.63, 3.8) is 0 Å². The van der Waals surface area contributed by atoms with E-state index in [1.165, 1.54) is 0 Å². The van der Waals surface area contributed by atoms with Gasteiger partial charge in [-0.2, -0.15) is 0 Å². The Morgan fingerprint density at radius 1 is 0.981 bits per heavy atom. The van der Waals surface area contributed by atoms with Gasteiger partial charge in [0.2, 0.25) is 17.7 Å². The van der Waals surface area contributed by atoms with Crippen molar-refractivity contribution in [3.8, 4) is 28.4 Å². The number of ether oxygens (including phenoxy) is 1. The summed E-state index contributed by atoms with van der Waals surface area (Å²) in [5.74, 6) is 0.569. The van der Waals surface area contributed by atoms with E-state index in [-0.39, 0.29) is 34.6 Å². The Bertz CT molecular complexity index is 2050. The molecule has 7 rings (SSSR count). The van der Waals surface area contributed by atoms with Gasteiger partial charge >= 0.3 is 0 Å². The number of pyridine rings is 2. The zero-order valence-corrected chi connectivity index (χ0v) is 31.6. The third kappa shape index (κ3) is 7.75. The van der Waals surface area contributed by atoms with Crippen molar-refractivity contribution in [2.45, 2.75) is 51.2 Å². The second-order valence-electron chi connectivity index (χ2n) is 13.9. The highest BCUT2D eigenvalue weighted by Gasteiger charge is 2.32. The van der Waals surface area contributed by atoms with Gasteiger partial charge < -0.3 is 35.1 Å². The topological polar surface area (TPSA) is 147 Å². The number of nitrogens with zero attached hydrogens (tertiary/aromatic N) is 6. The fourth-order valence-corrected chi connectivity index (χ4v) is 7.97. The number of likely N-dealkylation sites (tertiary alicyclic amines) is 1. The van der Waals surface area contributed by atoms with Gasteiger partial charge in [-0.3, -0.25) is 19.4 Å². The van der Waals surface area contributed by atoms with Crippen molar-refractivity contribution in [1.82, 2.24) is 40.0 Å². The molecule has 3 N–H and O–H groups in total. The van der Waals surface area contributed by atoms with Gasteiger partial charge in [-0.1, -0.05) is 41.4 Å². The lowest BCUT2D eigenvalue weighted by molar-refractivity contribution is -0.138. The Labute approximate surface area is 318 Å². The number of imidazole rings is 1. The maximum atomic E-state index is 13.7. The monoisotopic (exact) mass is 759 g/mol. The molecule has 1 aromatic carbocycles. The van der Waals surface area contributed by atoms with Gasteiger partial charge in [-0.05, 0) is 57.6 Å². The van der Waals surface area contributed by atoms with Crippen LogP contribution in [0.3, 0.4) is 0 Å². The first-order valence-electron chi connectivity index (χ1n) is 17.9. The number of anilines is 1. The summed E-state index contributed by atoms with van der Waals surface area (Å²) >= 11 is 13.9. The van der Waals surface area contributed by atoms with Crippen LogP contribution in [0.5, 0.6) is 5.88 Å². The maximum Gasteiger partial charge on any atom is 0.291 e. The molecule has 0 bridgehead atoms. The Balaban J connectivity index is 1.06. The number of methoxy groups -OCH3 is 1. The molecule has 3 aliphatic rings. The summed E-state index contributed by atoms with van der Waals surface area (Å²) in [7, 11) is 5.48. The molecule has 0 aliphatic carbocycles. The van der Waals surface area contributed by atoms with Gasteiger partial charge in [0.1, 0.15) is 0 Å². The van der Waals surface area contributed by atoms with Crippen LogP contribution in [0.2, 0.25) is 10.0 Å². The van der Waals surface area contributed by atoms with Crippen molar-refractivity contribution in [2.75, 3.05) is 45.7 Å². The van der Waals surface area contributed by atoms with E-state index in [2.05, 4.69) is 32.9 Å². The van der Waals surface area contributed by atoms with Crippen LogP contribution in [0.25, 0.3) is 22.5 Å². The summed E-state index contributed by atoms with van der Waals surface area (Å²) in [6.07, 6.45) is 5.36. The summed E-state index contributed by atoms with van der Waals surface area (Å²) in [6, 6.07) is 11.0. The number of fused-ring (bicyclic) bond motifs is 1. The van der Waals surface area contributed by atoms with Crippen molar-refractivity contribution in [1.29, 1.82) is 0 Å². The molecule has 6 heterocycles. The molecule has 0 radical (unpaired) electrons. The minimum Gasteiger partial charge on any atom is -0.481 e. The van der Waals surface area contributed by atoms with E-state index in [9.17, 15) is 14.4 Å². The van der Waals surface area contributed by atoms with Gasteiger partial charge in [-0.15, -0.1) is 0 Å². The maximum absolute atomic E-state index is 13.7. The fraction of sp³-hybridized carbons (Fsp3) is 0.421. The fourth-order valence-electron chi connectivity index (χ4n) is 7.39. The first-order chi connectivity index (χ1) is 25.6. The third-order valence-corrected chi connectivity index (χ3v) is 11.2. The molecule has 0 spiro atoms. The average molecular weight is 761 g/mol. The molecule has 13 nitrogen and oxygen atoms in total. The number of piperidine rings is 1. The Kier molecular flexibility index (Phi) is 11.0. The highest BCUT2D eigenvalue weighted by molar-refractivity contribution is 6.39. The number of halogens is 2. The molecule has 15 heteroatoms. The number of nitrogens with one attached hydrogen (secondary N) is 3. The van der Waals surface area contributed by atoms with E-state index < -0.39 is 5.91 Å². The van der Waals surface area contributed by atoms with E-state index in [4.69, 9.17) is 37.9 Å². The predicted octanol–water partition coefficient (Wildman–Crippen LogP) is 4.71. The standard InChI is InChI=1S/C38H43Cl2N9O4/c1-47-16-12-22(13-17-47)38(52)49-18-14-30-29(21-49)44-35(48(30)2)36(51)45-28-6-4-5-26(32(28)39)34-33(40)25(11-15-42-34)27-9-7-23(37(46-27)53-3)19-41-20-24-8-10-31(50)43-24/h4-7,9,11,15,22,24,41H,8,10,12-14,16-21H2,1-3H3,(H,43,50)(H,45,51). The van der Waals surface area contributed by atoms with E-state index in [0.29, 0.717) is 78.1 Å². The van der Waals surface area contributed by atoms with Gasteiger partial charge in [0, 0.05) is 80.1 Å². The normalized spacial score (nSPS) is 17.8. The van der Waals surface area contributed by atoms with Crippen LogP contribution in [0.15, 0.2) is 42.6 Å². The van der Waals surface area contributed by atoms with Crippen LogP contribution in [0, 0.1) is 5.92 Å². The van der Waals surface area contributed by atoms with Gasteiger partial charge in [0.25, 0.3) is 5.91 Å². The Hall–Kier alpha value is -4.56. The van der Waals surface area contributed by atoms with Crippen molar-refractivity contribution < 1.29 is 19.1 Å². The van der Waals surface area contributed by atoms with Crippen LogP contribution in [0.1, 0.15) is 53.3 Å². The third-order valence-electron chi connectivity index (χ3n) is 10.4. The van der Waals surface area contributed by atoms with E-state index >= 15 is 0 Å². The highest BCUT2D eigenvalue weighted by atomic mass is 35.5. The van der Waals surface area contributed by atoms with Crippen LogP contribution in [-0.2, 0) is 36.1 Å². The molecule has 3 amide bonds. The van der Waals surface area contributed by atoms with E-state index in [1.807, 2.05) is 24.1 Å². The minimum atomic E-state index is -0.416. The van der Waals surface area contributed by atoms with Crippen LogP contribution >= 0.6 is 23.2 Å².